The van der Waals surface area contributed by atoms with E-state index in [1.807, 2.05) is 0 Å². The summed E-state index contributed by atoms with van der Waals surface area (Å²) in [6.45, 7) is 4.67. The van der Waals surface area contributed by atoms with Gasteiger partial charge in [-0.2, -0.15) is 13.2 Å². The van der Waals surface area contributed by atoms with Crippen LogP contribution in [-0.2, 0) is 16.0 Å². The Balaban J connectivity index is 3.12. The Bertz CT molecular complexity index is 528. The molecule has 1 rings (SSSR count). The Kier molecular flexibility index (Phi) is 5.45. The van der Waals surface area contributed by atoms with Crippen LogP contribution in [0.1, 0.15) is 26.3 Å². The summed E-state index contributed by atoms with van der Waals surface area (Å²) in [6, 6.07) is 7.99. The van der Waals surface area contributed by atoms with Gasteiger partial charge in [0.25, 0.3) is 0 Å². The van der Waals surface area contributed by atoms with Gasteiger partial charge in [-0.1, -0.05) is 41.9 Å². The lowest BCUT2D eigenvalue weighted by Crippen LogP contribution is -2.26. The van der Waals surface area contributed by atoms with Gasteiger partial charge in [0.1, 0.15) is 10.6 Å². The summed E-state index contributed by atoms with van der Waals surface area (Å²) in [5.41, 5.74) is -1.61. The van der Waals surface area contributed by atoms with Gasteiger partial charge in [-0.05, 0) is 26.3 Å². The molecule has 0 radical (unpaired) electrons. The maximum absolute atomic E-state index is 13.1. The maximum Gasteiger partial charge on any atom is 0.414 e. The van der Waals surface area contributed by atoms with Crippen LogP contribution in [0, 0.1) is 0 Å². The van der Waals surface area contributed by atoms with Crippen molar-refractivity contribution < 1.29 is 22.7 Å². The summed E-state index contributed by atoms with van der Waals surface area (Å²) in [4.78, 5) is 11.7. The first kappa shape index (κ1) is 17.6. The molecule has 21 heavy (non-hydrogen) atoms. The quantitative estimate of drug-likeness (QED) is 0.599. The van der Waals surface area contributed by atoms with Gasteiger partial charge in [-0.25, -0.2) is 4.79 Å². The lowest BCUT2D eigenvalue weighted by molar-refractivity contribution is -0.150. The van der Waals surface area contributed by atoms with Crippen LogP contribution < -0.4 is 0 Å². The first-order valence-corrected chi connectivity index (χ1v) is 6.61. The maximum atomic E-state index is 13.1. The molecule has 1 aromatic rings. The lowest BCUT2D eigenvalue weighted by atomic mass is 10.0. The molecule has 0 saturated heterocycles. The molecular formula is C15H16ClF3O2. The van der Waals surface area contributed by atoms with E-state index in [1.54, 1.807) is 39.0 Å². The first-order chi connectivity index (χ1) is 9.50. The fraction of sp³-hybridized carbons (Fsp3) is 0.400. The molecule has 2 nitrogen and oxygen atoms in total. The molecule has 0 atom stereocenters. The monoisotopic (exact) mass is 320 g/mol. The minimum absolute atomic E-state index is 0.409. The topological polar surface area (TPSA) is 26.3 Å². The number of alkyl halides is 3. The molecule has 1 aromatic carbocycles. The van der Waals surface area contributed by atoms with Crippen molar-refractivity contribution in [2.24, 2.45) is 0 Å². The lowest BCUT2D eigenvalue weighted by Gasteiger charge is -2.21. The molecule has 0 bridgehead atoms. The zero-order valence-electron chi connectivity index (χ0n) is 11.9. The third-order valence-electron chi connectivity index (χ3n) is 2.41. The highest BCUT2D eigenvalue weighted by atomic mass is 35.5. The van der Waals surface area contributed by atoms with E-state index in [9.17, 15) is 18.0 Å². The van der Waals surface area contributed by atoms with Gasteiger partial charge >= 0.3 is 12.1 Å². The number of esters is 1. The van der Waals surface area contributed by atoms with Crippen molar-refractivity contribution in [1.29, 1.82) is 0 Å². The Morgan fingerprint density at radius 3 is 2.10 bits per heavy atom. The number of carbonyl (C=O) groups excluding carboxylic acids is 1. The first-order valence-electron chi connectivity index (χ1n) is 6.24. The summed E-state index contributed by atoms with van der Waals surface area (Å²) in [5, 5.41) is -0.929. The van der Waals surface area contributed by atoms with E-state index in [0.717, 1.165) is 0 Å². The normalized spacial score (nSPS) is 13.7. The summed E-state index contributed by atoms with van der Waals surface area (Å²) in [6.07, 6.45) is -5.19. The molecular weight excluding hydrogens is 305 g/mol. The minimum Gasteiger partial charge on any atom is -0.456 e. The third-order valence-corrected chi connectivity index (χ3v) is 2.79. The zero-order chi connectivity index (χ0) is 16.3. The van der Waals surface area contributed by atoms with Gasteiger partial charge in [0.05, 0.1) is 5.57 Å². The van der Waals surface area contributed by atoms with Crippen molar-refractivity contribution in [3.8, 4) is 0 Å². The van der Waals surface area contributed by atoms with Gasteiger partial charge < -0.3 is 4.74 Å². The number of halogens is 4. The fourth-order valence-electron chi connectivity index (χ4n) is 1.55. The predicted molar refractivity (Wildman–Crippen MR) is 74.9 cm³/mol. The van der Waals surface area contributed by atoms with E-state index in [2.05, 4.69) is 0 Å². The summed E-state index contributed by atoms with van der Waals surface area (Å²) in [5.74, 6) is -1.17. The van der Waals surface area contributed by atoms with Crippen molar-refractivity contribution in [3.05, 3.63) is 46.5 Å². The standard InChI is InChI=1S/C15H16ClF3O2/c1-14(2,3)21-13(20)12(16)11(15(17,18)19)9-10-7-5-4-6-8-10/h4-8H,9H2,1-3H3/b12-11+. The van der Waals surface area contributed by atoms with Crippen LogP contribution in [0.25, 0.3) is 0 Å². The molecule has 0 aliphatic carbocycles. The molecule has 0 spiro atoms. The molecule has 0 fully saturated rings. The van der Waals surface area contributed by atoms with Gasteiger partial charge in [0, 0.05) is 6.42 Å². The number of ether oxygens (including phenoxy) is 1. The Morgan fingerprint density at radius 1 is 1.14 bits per heavy atom. The average molecular weight is 321 g/mol. The summed E-state index contributed by atoms with van der Waals surface area (Å²) >= 11 is 5.62. The van der Waals surface area contributed by atoms with Crippen molar-refractivity contribution in [1.82, 2.24) is 0 Å². The molecule has 0 aliphatic rings. The second-order valence-corrected chi connectivity index (χ2v) is 5.83. The van der Waals surface area contributed by atoms with Crippen molar-refractivity contribution in [3.63, 3.8) is 0 Å². The Morgan fingerprint density at radius 2 is 1.67 bits per heavy atom. The molecule has 6 heteroatoms. The molecule has 0 saturated carbocycles. The van der Waals surface area contributed by atoms with Crippen molar-refractivity contribution in [2.75, 3.05) is 0 Å². The third kappa shape index (κ3) is 5.79. The average Bonchev–Trinajstić information content (AvgIpc) is 2.33. The van der Waals surface area contributed by atoms with Crippen LogP contribution in [0.3, 0.4) is 0 Å². The van der Waals surface area contributed by atoms with Crippen LogP contribution in [-0.4, -0.2) is 17.7 Å². The minimum atomic E-state index is -4.70. The smallest absolute Gasteiger partial charge is 0.414 e. The molecule has 0 heterocycles. The number of hydrogen-bond acceptors (Lipinski definition) is 2. The molecule has 0 N–H and O–H groups in total. The number of allylic oxidation sites excluding steroid dienone is 1. The fourth-order valence-corrected chi connectivity index (χ4v) is 1.76. The molecule has 0 unspecified atom stereocenters. The van der Waals surface area contributed by atoms with Crippen LogP contribution in [0.4, 0.5) is 13.2 Å². The second-order valence-electron chi connectivity index (χ2n) is 5.45. The zero-order valence-corrected chi connectivity index (χ0v) is 12.7. The number of carbonyl (C=O) groups is 1. The number of benzene rings is 1. The molecule has 0 aromatic heterocycles. The molecule has 0 aliphatic heterocycles. The van der Waals surface area contributed by atoms with E-state index in [0.29, 0.717) is 5.56 Å². The molecule has 116 valence electrons. The van der Waals surface area contributed by atoms with Gasteiger partial charge in [0.2, 0.25) is 0 Å². The van der Waals surface area contributed by atoms with Crippen LogP contribution >= 0.6 is 11.6 Å². The van der Waals surface area contributed by atoms with Gasteiger partial charge in [-0.15, -0.1) is 0 Å². The van der Waals surface area contributed by atoms with Crippen molar-refractivity contribution in [2.45, 2.75) is 39.0 Å². The molecule has 0 amide bonds. The highest BCUT2D eigenvalue weighted by Crippen LogP contribution is 2.33. The van der Waals surface area contributed by atoms with E-state index in [-0.39, 0.29) is 0 Å². The van der Waals surface area contributed by atoms with E-state index in [1.165, 1.54) is 12.1 Å². The Labute approximate surface area is 126 Å². The van der Waals surface area contributed by atoms with Crippen LogP contribution in [0.15, 0.2) is 40.9 Å². The highest BCUT2D eigenvalue weighted by molar-refractivity contribution is 6.41. The van der Waals surface area contributed by atoms with Gasteiger partial charge in [-0.3, -0.25) is 0 Å². The second kappa shape index (κ2) is 6.52. The van der Waals surface area contributed by atoms with Crippen molar-refractivity contribution >= 4 is 17.6 Å². The van der Waals surface area contributed by atoms with E-state index >= 15 is 0 Å². The summed E-state index contributed by atoms with van der Waals surface area (Å²) < 4.78 is 44.2. The summed E-state index contributed by atoms with van der Waals surface area (Å²) in [7, 11) is 0. The van der Waals surface area contributed by atoms with Crippen LogP contribution in [0.2, 0.25) is 0 Å². The van der Waals surface area contributed by atoms with Gasteiger partial charge in [0.15, 0.2) is 0 Å². The SMILES string of the molecule is CC(C)(C)OC(=O)/C(Cl)=C(/Cc1ccccc1)C(F)(F)F. The predicted octanol–water partition coefficient (Wildman–Crippen LogP) is 4.63. The Hall–Kier alpha value is -1.49. The number of hydrogen-bond donors (Lipinski definition) is 0. The van der Waals surface area contributed by atoms with E-state index < -0.39 is 34.8 Å². The van der Waals surface area contributed by atoms with Crippen LogP contribution in [0.5, 0.6) is 0 Å². The van der Waals surface area contributed by atoms with E-state index in [4.69, 9.17) is 16.3 Å². The highest BCUT2D eigenvalue weighted by Gasteiger charge is 2.38. The largest absolute Gasteiger partial charge is 0.456 e. The number of rotatable bonds is 3.